The highest BCUT2D eigenvalue weighted by Crippen LogP contribution is 2.38. The van der Waals surface area contributed by atoms with Crippen LogP contribution in [0, 0.1) is 5.92 Å². The zero-order chi connectivity index (χ0) is 9.26. The van der Waals surface area contributed by atoms with Gasteiger partial charge < -0.3 is 5.11 Å². The molecule has 0 unspecified atom stereocenters. The maximum Gasteiger partial charge on any atom is 0.0499 e. The van der Waals surface area contributed by atoms with Crippen molar-refractivity contribution in [3.63, 3.8) is 0 Å². The molecular weight excluding hydrogens is 228 g/mol. The van der Waals surface area contributed by atoms with Gasteiger partial charge in [-0.05, 0) is 24.1 Å². The van der Waals surface area contributed by atoms with Gasteiger partial charge in [0, 0.05) is 17.0 Å². The predicted octanol–water partition coefficient (Wildman–Crippen LogP) is 2.84. The van der Waals surface area contributed by atoms with Crippen LogP contribution in [0.15, 0.2) is 34.3 Å². The Morgan fingerprint density at radius 1 is 1.38 bits per heavy atom. The fraction of sp³-hybridized carbons (Fsp3) is 0.273. The average Bonchev–Trinajstić information content (AvgIpc) is 2.88. The lowest BCUT2D eigenvalue weighted by Gasteiger charge is -1.92. The molecule has 1 N–H and O–H groups in total. The third kappa shape index (κ3) is 2.20. The molecule has 1 atom stereocenters. The van der Waals surface area contributed by atoms with E-state index in [0.717, 1.165) is 10.9 Å². The minimum Gasteiger partial charge on any atom is -0.396 e. The lowest BCUT2D eigenvalue weighted by molar-refractivity contribution is 0.281. The minimum absolute atomic E-state index is 0.294. The average molecular weight is 239 g/mol. The Hall–Kier alpha value is -0.600. The van der Waals surface area contributed by atoms with Crippen molar-refractivity contribution in [2.75, 3.05) is 6.61 Å². The van der Waals surface area contributed by atoms with Crippen LogP contribution in [-0.4, -0.2) is 11.7 Å². The van der Waals surface area contributed by atoms with Gasteiger partial charge in [0.25, 0.3) is 0 Å². The fourth-order valence-corrected chi connectivity index (χ4v) is 1.62. The first-order chi connectivity index (χ1) is 6.29. The molecule has 0 radical (unpaired) electrons. The first-order valence-corrected chi connectivity index (χ1v) is 5.16. The van der Waals surface area contributed by atoms with Crippen molar-refractivity contribution in [3.05, 3.63) is 39.9 Å². The highest BCUT2D eigenvalue weighted by atomic mass is 79.9. The van der Waals surface area contributed by atoms with Gasteiger partial charge in [0.15, 0.2) is 0 Å². The van der Waals surface area contributed by atoms with Gasteiger partial charge >= 0.3 is 0 Å². The third-order valence-corrected chi connectivity index (χ3v) is 2.82. The van der Waals surface area contributed by atoms with E-state index < -0.39 is 0 Å². The molecule has 0 spiro atoms. The van der Waals surface area contributed by atoms with Gasteiger partial charge in [0.1, 0.15) is 0 Å². The number of rotatable bonds is 2. The van der Waals surface area contributed by atoms with Crippen molar-refractivity contribution in [1.29, 1.82) is 0 Å². The molecule has 1 saturated carbocycles. The molecule has 0 aromatic heterocycles. The topological polar surface area (TPSA) is 20.2 Å². The molecule has 1 aliphatic rings. The molecule has 1 aromatic rings. The van der Waals surface area contributed by atoms with Crippen molar-refractivity contribution in [2.24, 2.45) is 5.92 Å². The SMILES string of the molecule is OC[C@H]1C/C1=C\c1ccc(Br)cc1. The van der Waals surface area contributed by atoms with E-state index in [9.17, 15) is 0 Å². The lowest BCUT2D eigenvalue weighted by Crippen LogP contribution is -1.81. The molecular formula is C11H11BrO. The molecule has 13 heavy (non-hydrogen) atoms. The monoisotopic (exact) mass is 238 g/mol. The molecule has 2 rings (SSSR count). The Balaban J connectivity index is 2.11. The van der Waals surface area contributed by atoms with E-state index in [-0.39, 0.29) is 0 Å². The van der Waals surface area contributed by atoms with Crippen molar-refractivity contribution < 1.29 is 5.11 Å². The van der Waals surface area contributed by atoms with Crippen molar-refractivity contribution >= 4 is 22.0 Å². The normalized spacial score (nSPS) is 23.5. The molecule has 0 heterocycles. The van der Waals surface area contributed by atoms with E-state index in [0.29, 0.717) is 12.5 Å². The van der Waals surface area contributed by atoms with E-state index in [4.69, 9.17) is 5.11 Å². The zero-order valence-corrected chi connectivity index (χ0v) is 8.79. The first-order valence-electron chi connectivity index (χ1n) is 4.36. The van der Waals surface area contributed by atoms with Crippen LogP contribution in [0.3, 0.4) is 0 Å². The first kappa shape index (κ1) is 8.97. The molecule has 0 amide bonds. The van der Waals surface area contributed by atoms with E-state index in [1.165, 1.54) is 11.1 Å². The van der Waals surface area contributed by atoms with Crippen LogP contribution in [0.5, 0.6) is 0 Å². The summed E-state index contributed by atoms with van der Waals surface area (Å²) in [5.74, 6) is 0.434. The van der Waals surface area contributed by atoms with Gasteiger partial charge in [0.2, 0.25) is 0 Å². The molecule has 0 aliphatic heterocycles. The molecule has 1 fully saturated rings. The van der Waals surface area contributed by atoms with Crippen LogP contribution >= 0.6 is 15.9 Å². The summed E-state index contributed by atoms with van der Waals surface area (Å²) in [4.78, 5) is 0. The van der Waals surface area contributed by atoms with Gasteiger partial charge in [-0.25, -0.2) is 0 Å². The largest absolute Gasteiger partial charge is 0.396 e. The highest BCUT2D eigenvalue weighted by Gasteiger charge is 2.27. The second-order valence-corrected chi connectivity index (χ2v) is 4.27. The van der Waals surface area contributed by atoms with Crippen LogP contribution in [0.25, 0.3) is 6.08 Å². The number of aliphatic hydroxyl groups excluding tert-OH is 1. The molecule has 68 valence electrons. The summed E-state index contributed by atoms with van der Waals surface area (Å²) in [6, 6.07) is 8.21. The smallest absolute Gasteiger partial charge is 0.0499 e. The zero-order valence-electron chi connectivity index (χ0n) is 7.20. The highest BCUT2D eigenvalue weighted by molar-refractivity contribution is 9.10. The fourth-order valence-electron chi connectivity index (χ4n) is 1.36. The summed E-state index contributed by atoms with van der Waals surface area (Å²) >= 11 is 3.39. The summed E-state index contributed by atoms with van der Waals surface area (Å²) in [5, 5.41) is 8.85. The number of hydrogen-bond acceptors (Lipinski definition) is 1. The second-order valence-electron chi connectivity index (χ2n) is 3.35. The number of halogens is 1. The third-order valence-electron chi connectivity index (χ3n) is 2.29. The van der Waals surface area contributed by atoms with Gasteiger partial charge in [-0.2, -0.15) is 0 Å². The summed E-state index contributed by atoms with van der Waals surface area (Å²) < 4.78 is 1.10. The van der Waals surface area contributed by atoms with Crippen LogP contribution in [0.4, 0.5) is 0 Å². The van der Waals surface area contributed by atoms with Crippen molar-refractivity contribution in [2.45, 2.75) is 6.42 Å². The Kier molecular flexibility index (Phi) is 2.51. The molecule has 0 bridgehead atoms. The minimum atomic E-state index is 0.294. The van der Waals surface area contributed by atoms with E-state index in [1.807, 2.05) is 12.1 Å². The van der Waals surface area contributed by atoms with E-state index >= 15 is 0 Å². The number of hydrogen-bond donors (Lipinski definition) is 1. The van der Waals surface area contributed by atoms with Crippen LogP contribution in [-0.2, 0) is 0 Å². The quantitative estimate of drug-likeness (QED) is 0.841. The van der Waals surface area contributed by atoms with Gasteiger partial charge in [-0.15, -0.1) is 0 Å². The maximum absolute atomic E-state index is 8.85. The van der Waals surface area contributed by atoms with E-state index in [2.05, 4.69) is 34.1 Å². The lowest BCUT2D eigenvalue weighted by atomic mass is 10.2. The summed E-state index contributed by atoms with van der Waals surface area (Å²) in [6.07, 6.45) is 3.22. The summed E-state index contributed by atoms with van der Waals surface area (Å²) in [5.41, 5.74) is 2.58. The summed E-state index contributed by atoms with van der Waals surface area (Å²) in [7, 11) is 0. The van der Waals surface area contributed by atoms with Gasteiger partial charge in [-0.3, -0.25) is 0 Å². The molecule has 0 saturated heterocycles. The Morgan fingerprint density at radius 3 is 2.62 bits per heavy atom. The maximum atomic E-state index is 8.85. The molecule has 1 aliphatic carbocycles. The molecule has 1 nitrogen and oxygen atoms in total. The van der Waals surface area contributed by atoms with Gasteiger partial charge in [-0.1, -0.05) is 39.7 Å². The predicted molar refractivity (Wildman–Crippen MR) is 57.3 cm³/mol. The second kappa shape index (κ2) is 3.64. The van der Waals surface area contributed by atoms with Crippen molar-refractivity contribution in [3.8, 4) is 0 Å². The standard InChI is InChI=1S/C11H11BrO/c12-11-3-1-8(2-4-11)5-9-6-10(9)7-13/h1-5,10,13H,6-7H2/b9-5+/t10-/m1/s1. The van der Waals surface area contributed by atoms with Crippen LogP contribution < -0.4 is 0 Å². The summed E-state index contributed by atoms with van der Waals surface area (Å²) in [6.45, 7) is 0.294. The Labute approximate surface area is 86.2 Å². The molecule has 1 aromatic carbocycles. The Bertz CT molecular complexity index is 326. The van der Waals surface area contributed by atoms with E-state index in [1.54, 1.807) is 0 Å². The number of benzene rings is 1. The van der Waals surface area contributed by atoms with Crippen LogP contribution in [0.1, 0.15) is 12.0 Å². The Morgan fingerprint density at radius 2 is 2.08 bits per heavy atom. The van der Waals surface area contributed by atoms with Crippen LogP contribution in [0.2, 0.25) is 0 Å². The van der Waals surface area contributed by atoms with Gasteiger partial charge in [0.05, 0.1) is 0 Å². The molecule has 2 heteroatoms. The number of aliphatic hydroxyl groups is 1. The van der Waals surface area contributed by atoms with Crippen molar-refractivity contribution in [1.82, 2.24) is 0 Å².